The molecule has 0 unspecified atom stereocenters. The van der Waals surface area contributed by atoms with E-state index in [2.05, 4.69) is 0 Å². The van der Waals surface area contributed by atoms with E-state index in [0.29, 0.717) is 12.0 Å². The Morgan fingerprint density at radius 3 is 2.23 bits per heavy atom. The average Bonchev–Trinajstić information content (AvgIpc) is 2.18. The van der Waals surface area contributed by atoms with Crippen molar-refractivity contribution in [1.82, 2.24) is 0 Å². The van der Waals surface area contributed by atoms with Crippen LogP contribution in [0.1, 0.15) is 18.9 Å². The molecule has 2 N–H and O–H groups in total. The summed E-state index contributed by atoms with van der Waals surface area (Å²) in [5, 5.41) is 0. The second-order valence-electron chi connectivity index (χ2n) is 3.03. The molecule has 1 rings (SSSR count). The molecular weight excluding hydrogens is 172 g/mol. The van der Waals surface area contributed by atoms with Crippen LogP contribution in [-0.2, 0) is 5.67 Å². The highest BCUT2D eigenvalue weighted by Gasteiger charge is 2.27. The van der Waals surface area contributed by atoms with Gasteiger partial charge in [0.1, 0.15) is 11.5 Å². The van der Waals surface area contributed by atoms with Crippen LogP contribution in [0.25, 0.3) is 0 Å². The van der Waals surface area contributed by atoms with Gasteiger partial charge in [0, 0.05) is 6.54 Å². The van der Waals surface area contributed by atoms with E-state index in [9.17, 15) is 8.78 Å². The first-order chi connectivity index (χ1) is 6.12. The van der Waals surface area contributed by atoms with Crippen LogP contribution in [-0.4, -0.2) is 6.54 Å². The van der Waals surface area contributed by atoms with Gasteiger partial charge in [-0.3, -0.25) is 0 Å². The van der Waals surface area contributed by atoms with Gasteiger partial charge in [-0.05, 0) is 24.1 Å². The van der Waals surface area contributed by atoms with Crippen molar-refractivity contribution in [2.24, 2.45) is 5.73 Å². The molecule has 0 spiro atoms. The van der Waals surface area contributed by atoms with Crippen LogP contribution in [0, 0.1) is 5.82 Å². The summed E-state index contributed by atoms with van der Waals surface area (Å²) in [6, 6.07) is 5.36. The quantitative estimate of drug-likeness (QED) is 0.768. The minimum Gasteiger partial charge on any atom is -0.327 e. The van der Waals surface area contributed by atoms with Crippen LogP contribution in [0.15, 0.2) is 24.3 Å². The maximum absolute atomic E-state index is 13.9. The Balaban J connectivity index is 2.99. The molecule has 3 heteroatoms. The van der Waals surface area contributed by atoms with Gasteiger partial charge in [0.25, 0.3) is 0 Å². The van der Waals surface area contributed by atoms with Crippen molar-refractivity contribution >= 4 is 0 Å². The van der Waals surface area contributed by atoms with Crippen molar-refractivity contribution in [3.63, 3.8) is 0 Å². The van der Waals surface area contributed by atoms with Crippen molar-refractivity contribution in [1.29, 1.82) is 0 Å². The number of halogens is 2. The Bertz CT molecular complexity index is 265. The van der Waals surface area contributed by atoms with E-state index in [-0.39, 0.29) is 12.4 Å². The monoisotopic (exact) mass is 185 g/mol. The number of rotatable bonds is 3. The molecule has 0 amide bonds. The molecule has 0 aromatic heterocycles. The summed E-state index contributed by atoms with van der Waals surface area (Å²) in [4.78, 5) is 0. The van der Waals surface area contributed by atoms with Gasteiger partial charge in [-0.25, -0.2) is 8.78 Å². The van der Waals surface area contributed by atoms with Crippen molar-refractivity contribution < 1.29 is 8.78 Å². The van der Waals surface area contributed by atoms with Gasteiger partial charge >= 0.3 is 0 Å². The van der Waals surface area contributed by atoms with E-state index < -0.39 is 5.67 Å². The molecule has 0 aliphatic rings. The molecule has 0 aliphatic carbocycles. The topological polar surface area (TPSA) is 26.0 Å². The highest BCUT2D eigenvalue weighted by molar-refractivity contribution is 5.23. The lowest BCUT2D eigenvalue weighted by Gasteiger charge is -2.22. The summed E-state index contributed by atoms with van der Waals surface area (Å²) in [6.45, 7) is 1.64. The molecule has 0 radical (unpaired) electrons. The molecule has 0 bridgehead atoms. The van der Waals surface area contributed by atoms with Crippen LogP contribution in [0.5, 0.6) is 0 Å². The predicted octanol–water partition coefficient (Wildman–Crippen LogP) is 2.36. The fourth-order valence-corrected chi connectivity index (χ4v) is 1.21. The van der Waals surface area contributed by atoms with Crippen LogP contribution in [0.2, 0.25) is 0 Å². The average molecular weight is 185 g/mol. The molecule has 0 aliphatic heterocycles. The summed E-state index contributed by atoms with van der Waals surface area (Å²) in [5.74, 6) is -0.362. The zero-order chi connectivity index (χ0) is 9.90. The fraction of sp³-hybridized carbons (Fsp3) is 0.400. The lowest BCUT2D eigenvalue weighted by molar-refractivity contribution is 0.169. The van der Waals surface area contributed by atoms with Crippen LogP contribution < -0.4 is 5.73 Å². The number of alkyl halides is 1. The zero-order valence-electron chi connectivity index (χ0n) is 7.56. The van der Waals surface area contributed by atoms with E-state index in [4.69, 9.17) is 5.73 Å². The molecule has 0 heterocycles. The first-order valence-electron chi connectivity index (χ1n) is 4.27. The van der Waals surface area contributed by atoms with Gasteiger partial charge in [0.15, 0.2) is 0 Å². The third-order valence-corrected chi connectivity index (χ3v) is 2.25. The molecule has 0 fully saturated rings. The second-order valence-corrected chi connectivity index (χ2v) is 3.03. The number of benzene rings is 1. The molecule has 72 valence electrons. The van der Waals surface area contributed by atoms with Crippen molar-refractivity contribution in [2.75, 3.05) is 6.54 Å². The van der Waals surface area contributed by atoms with Crippen LogP contribution in [0.3, 0.4) is 0 Å². The Morgan fingerprint density at radius 2 is 1.85 bits per heavy atom. The lowest BCUT2D eigenvalue weighted by Crippen LogP contribution is -2.29. The molecular formula is C10H13F2N. The number of nitrogens with two attached hydrogens (primary N) is 1. The third kappa shape index (κ3) is 2.04. The maximum atomic E-state index is 13.9. The number of hydrogen-bond acceptors (Lipinski definition) is 1. The van der Waals surface area contributed by atoms with E-state index in [1.807, 2.05) is 0 Å². The van der Waals surface area contributed by atoms with E-state index in [0.717, 1.165) is 0 Å². The third-order valence-electron chi connectivity index (χ3n) is 2.25. The fourth-order valence-electron chi connectivity index (χ4n) is 1.21. The largest absolute Gasteiger partial charge is 0.327 e. The van der Waals surface area contributed by atoms with Crippen molar-refractivity contribution in [3.05, 3.63) is 35.6 Å². The first kappa shape index (κ1) is 10.1. The summed E-state index contributed by atoms with van der Waals surface area (Å²) < 4.78 is 26.4. The molecule has 0 saturated carbocycles. The summed E-state index contributed by atoms with van der Waals surface area (Å²) >= 11 is 0. The lowest BCUT2D eigenvalue weighted by atomic mass is 9.93. The van der Waals surface area contributed by atoms with Crippen molar-refractivity contribution in [3.8, 4) is 0 Å². The highest BCUT2D eigenvalue weighted by atomic mass is 19.1. The van der Waals surface area contributed by atoms with Gasteiger partial charge in [-0.1, -0.05) is 19.1 Å². The predicted molar refractivity (Wildman–Crippen MR) is 48.5 cm³/mol. The van der Waals surface area contributed by atoms with Crippen molar-refractivity contribution in [2.45, 2.75) is 19.0 Å². The summed E-state index contributed by atoms with van der Waals surface area (Å²) in [7, 11) is 0. The molecule has 1 nitrogen and oxygen atoms in total. The molecule has 1 aromatic rings. The minimum absolute atomic E-state index is 0.0743. The number of hydrogen-bond donors (Lipinski definition) is 1. The molecule has 0 saturated heterocycles. The second kappa shape index (κ2) is 3.83. The molecule has 1 aromatic carbocycles. The summed E-state index contributed by atoms with van der Waals surface area (Å²) in [5.41, 5.74) is 4.24. The normalized spacial score (nSPS) is 15.4. The van der Waals surface area contributed by atoms with Gasteiger partial charge in [0.2, 0.25) is 0 Å². The Morgan fingerprint density at radius 1 is 1.31 bits per heavy atom. The Kier molecular flexibility index (Phi) is 2.98. The Labute approximate surface area is 76.6 Å². The standard InChI is InChI=1S/C10H13F2N/c1-2-10(12,7-13)8-3-5-9(11)6-4-8/h3-6H,2,7,13H2,1H3/t10-/m1/s1. The smallest absolute Gasteiger partial charge is 0.147 e. The van der Waals surface area contributed by atoms with Gasteiger partial charge in [-0.15, -0.1) is 0 Å². The van der Waals surface area contributed by atoms with E-state index in [1.165, 1.54) is 24.3 Å². The van der Waals surface area contributed by atoms with Crippen LogP contribution >= 0.6 is 0 Å². The zero-order valence-corrected chi connectivity index (χ0v) is 7.56. The molecule has 1 atom stereocenters. The molecule has 13 heavy (non-hydrogen) atoms. The minimum atomic E-state index is -1.52. The highest BCUT2D eigenvalue weighted by Crippen LogP contribution is 2.28. The summed E-state index contributed by atoms with van der Waals surface area (Å²) in [6.07, 6.45) is 0.301. The van der Waals surface area contributed by atoms with Gasteiger partial charge < -0.3 is 5.73 Å². The van der Waals surface area contributed by atoms with E-state index >= 15 is 0 Å². The Hall–Kier alpha value is -0.960. The van der Waals surface area contributed by atoms with E-state index in [1.54, 1.807) is 6.92 Å². The first-order valence-corrected chi connectivity index (χ1v) is 4.27. The SMILES string of the molecule is CC[C@@](F)(CN)c1ccc(F)cc1. The van der Waals surface area contributed by atoms with Gasteiger partial charge in [0.05, 0.1) is 0 Å². The maximum Gasteiger partial charge on any atom is 0.147 e. The van der Waals surface area contributed by atoms with Gasteiger partial charge in [-0.2, -0.15) is 0 Å². The van der Waals surface area contributed by atoms with Crippen LogP contribution in [0.4, 0.5) is 8.78 Å².